The number of aliphatic hydroxyl groups excluding tert-OH is 1. The SMILES string of the molecule is NC(=O)[C@@]1(Cc2ccc(OCc3ccccc3)cc2)C[C@@H]1O. The number of primary amides is 1. The Labute approximate surface area is 129 Å². The van der Waals surface area contributed by atoms with Crippen LogP contribution in [-0.4, -0.2) is 17.1 Å². The zero-order chi connectivity index (χ0) is 15.6. The first-order valence-corrected chi connectivity index (χ1v) is 7.34. The van der Waals surface area contributed by atoms with E-state index >= 15 is 0 Å². The van der Waals surface area contributed by atoms with Crippen LogP contribution in [0.25, 0.3) is 0 Å². The van der Waals surface area contributed by atoms with Crippen LogP contribution in [0, 0.1) is 5.41 Å². The van der Waals surface area contributed by atoms with Crippen LogP contribution >= 0.6 is 0 Å². The topological polar surface area (TPSA) is 72.6 Å². The molecule has 0 radical (unpaired) electrons. The molecule has 2 atom stereocenters. The summed E-state index contributed by atoms with van der Waals surface area (Å²) in [6, 6.07) is 17.5. The van der Waals surface area contributed by atoms with Crippen molar-refractivity contribution in [2.45, 2.75) is 25.6 Å². The van der Waals surface area contributed by atoms with Crippen molar-refractivity contribution in [2.75, 3.05) is 0 Å². The summed E-state index contributed by atoms with van der Waals surface area (Å²) in [7, 11) is 0. The highest BCUT2D eigenvalue weighted by Gasteiger charge is 2.58. The number of aliphatic hydroxyl groups is 1. The van der Waals surface area contributed by atoms with Crippen LogP contribution < -0.4 is 10.5 Å². The number of nitrogens with two attached hydrogens (primary N) is 1. The summed E-state index contributed by atoms with van der Waals surface area (Å²) in [5, 5.41) is 9.65. The van der Waals surface area contributed by atoms with Crippen LogP contribution in [0.4, 0.5) is 0 Å². The molecule has 0 unspecified atom stereocenters. The Bertz CT molecular complexity index is 654. The fourth-order valence-electron chi connectivity index (χ4n) is 2.64. The molecule has 0 saturated heterocycles. The molecule has 22 heavy (non-hydrogen) atoms. The van der Waals surface area contributed by atoms with Crippen molar-refractivity contribution in [3.05, 3.63) is 65.7 Å². The lowest BCUT2D eigenvalue weighted by Crippen LogP contribution is -2.29. The van der Waals surface area contributed by atoms with Gasteiger partial charge in [0.1, 0.15) is 12.4 Å². The number of carbonyl (C=O) groups is 1. The van der Waals surface area contributed by atoms with Gasteiger partial charge in [0, 0.05) is 0 Å². The molecule has 0 spiro atoms. The number of ether oxygens (including phenoxy) is 1. The van der Waals surface area contributed by atoms with Crippen LogP contribution in [-0.2, 0) is 17.8 Å². The molecule has 1 aliphatic rings. The van der Waals surface area contributed by atoms with Crippen LogP contribution in [0.1, 0.15) is 17.5 Å². The van der Waals surface area contributed by atoms with E-state index in [-0.39, 0.29) is 0 Å². The highest BCUT2D eigenvalue weighted by molar-refractivity contribution is 5.85. The van der Waals surface area contributed by atoms with Gasteiger partial charge in [0.25, 0.3) is 0 Å². The quantitative estimate of drug-likeness (QED) is 0.857. The molecule has 4 heteroatoms. The maximum atomic E-state index is 11.5. The average Bonchev–Trinajstić information content (AvgIpc) is 3.19. The van der Waals surface area contributed by atoms with E-state index in [2.05, 4.69) is 0 Å². The Balaban J connectivity index is 1.60. The van der Waals surface area contributed by atoms with Gasteiger partial charge in [-0.05, 0) is 36.1 Å². The normalized spacial score (nSPS) is 23.0. The third-order valence-electron chi connectivity index (χ3n) is 4.22. The van der Waals surface area contributed by atoms with Gasteiger partial charge in [-0.1, -0.05) is 42.5 Å². The predicted molar refractivity (Wildman–Crippen MR) is 83.2 cm³/mol. The van der Waals surface area contributed by atoms with E-state index in [1.807, 2.05) is 54.6 Å². The maximum absolute atomic E-state index is 11.5. The molecule has 1 fully saturated rings. The predicted octanol–water partition coefficient (Wildman–Crippen LogP) is 2.04. The molecule has 0 heterocycles. The van der Waals surface area contributed by atoms with E-state index < -0.39 is 17.4 Å². The molecule has 0 bridgehead atoms. The number of hydrogen-bond acceptors (Lipinski definition) is 3. The van der Waals surface area contributed by atoms with Gasteiger partial charge < -0.3 is 15.6 Å². The summed E-state index contributed by atoms with van der Waals surface area (Å²) in [5.74, 6) is 0.349. The van der Waals surface area contributed by atoms with Crippen LogP contribution in [0.2, 0.25) is 0 Å². The Morgan fingerprint density at radius 3 is 2.32 bits per heavy atom. The fraction of sp³-hybridized carbons (Fsp3) is 0.278. The zero-order valence-electron chi connectivity index (χ0n) is 12.2. The van der Waals surface area contributed by atoms with E-state index in [4.69, 9.17) is 10.5 Å². The first kappa shape index (κ1) is 14.6. The van der Waals surface area contributed by atoms with Crippen molar-refractivity contribution in [3.8, 4) is 5.75 Å². The van der Waals surface area contributed by atoms with Gasteiger partial charge >= 0.3 is 0 Å². The molecule has 1 saturated carbocycles. The number of amides is 1. The van der Waals surface area contributed by atoms with E-state index in [1.165, 1.54) is 0 Å². The van der Waals surface area contributed by atoms with Crippen molar-refractivity contribution in [3.63, 3.8) is 0 Å². The first-order valence-electron chi connectivity index (χ1n) is 7.34. The molecule has 2 aromatic rings. The lowest BCUT2D eigenvalue weighted by molar-refractivity contribution is -0.124. The van der Waals surface area contributed by atoms with Crippen molar-refractivity contribution in [1.29, 1.82) is 0 Å². The standard InChI is InChI=1S/C18H19NO3/c19-17(21)18(11-16(18)20)10-13-6-8-15(9-7-13)22-12-14-4-2-1-3-5-14/h1-9,16,20H,10-12H2,(H2,19,21)/t16-,18-/m0/s1. The molecular weight excluding hydrogens is 278 g/mol. The number of benzene rings is 2. The summed E-state index contributed by atoms with van der Waals surface area (Å²) in [4.78, 5) is 11.5. The van der Waals surface area contributed by atoms with Crippen LogP contribution in [0.3, 0.4) is 0 Å². The summed E-state index contributed by atoms with van der Waals surface area (Å²) >= 11 is 0. The minimum Gasteiger partial charge on any atom is -0.489 e. The lowest BCUT2D eigenvalue weighted by atomic mass is 9.95. The highest BCUT2D eigenvalue weighted by atomic mass is 16.5. The van der Waals surface area contributed by atoms with Crippen molar-refractivity contribution >= 4 is 5.91 Å². The third-order valence-corrected chi connectivity index (χ3v) is 4.22. The van der Waals surface area contributed by atoms with Crippen molar-refractivity contribution in [1.82, 2.24) is 0 Å². The van der Waals surface area contributed by atoms with Crippen LogP contribution in [0.15, 0.2) is 54.6 Å². The molecule has 114 valence electrons. The Morgan fingerprint density at radius 1 is 1.14 bits per heavy atom. The van der Waals surface area contributed by atoms with Crippen molar-refractivity contribution in [2.24, 2.45) is 11.1 Å². The Morgan fingerprint density at radius 2 is 1.77 bits per heavy atom. The summed E-state index contributed by atoms with van der Waals surface area (Å²) < 4.78 is 5.72. The maximum Gasteiger partial charge on any atom is 0.226 e. The fourth-order valence-corrected chi connectivity index (χ4v) is 2.64. The molecule has 0 aliphatic heterocycles. The second kappa shape index (κ2) is 5.81. The van der Waals surface area contributed by atoms with Gasteiger partial charge in [0.2, 0.25) is 5.91 Å². The van der Waals surface area contributed by atoms with Gasteiger partial charge in [-0.3, -0.25) is 4.79 Å². The first-order chi connectivity index (χ1) is 10.6. The molecule has 0 aromatic heterocycles. The van der Waals surface area contributed by atoms with Gasteiger partial charge in [-0.25, -0.2) is 0 Å². The molecule has 3 rings (SSSR count). The summed E-state index contributed by atoms with van der Waals surface area (Å²) in [5.41, 5.74) is 6.70. The lowest BCUT2D eigenvalue weighted by Gasteiger charge is -2.12. The Hall–Kier alpha value is -2.33. The molecule has 2 aromatic carbocycles. The second-order valence-corrected chi connectivity index (χ2v) is 5.84. The summed E-state index contributed by atoms with van der Waals surface area (Å²) in [6.07, 6.45) is 0.316. The van der Waals surface area contributed by atoms with E-state index in [0.717, 1.165) is 16.9 Å². The minimum absolute atomic E-state index is 0.426. The number of rotatable bonds is 6. The molecule has 1 aliphatic carbocycles. The largest absolute Gasteiger partial charge is 0.489 e. The molecule has 4 nitrogen and oxygen atoms in total. The average molecular weight is 297 g/mol. The van der Waals surface area contributed by atoms with E-state index in [9.17, 15) is 9.90 Å². The highest BCUT2D eigenvalue weighted by Crippen LogP contribution is 2.48. The van der Waals surface area contributed by atoms with Crippen molar-refractivity contribution < 1.29 is 14.6 Å². The van der Waals surface area contributed by atoms with Gasteiger partial charge in [-0.15, -0.1) is 0 Å². The Kier molecular flexibility index (Phi) is 3.86. The van der Waals surface area contributed by atoms with Gasteiger partial charge in [0.15, 0.2) is 0 Å². The third kappa shape index (κ3) is 2.97. The van der Waals surface area contributed by atoms with E-state index in [1.54, 1.807) is 0 Å². The number of carbonyl (C=O) groups excluding carboxylic acids is 1. The summed E-state index contributed by atoms with van der Waals surface area (Å²) in [6.45, 7) is 0.518. The second-order valence-electron chi connectivity index (χ2n) is 5.84. The van der Waals surface area contributed by atoms with Crippen LogP contribution in [0.5, 0.6) is 5.75 Å². The zero-order valence-corrected chi connectivity index (χ0v) is 12.2. The monoisotopic (exact) mass is 297 g/mol. The molecule has 1 amide bonds. The number of hydrogen-bond donors (Lipinski definition) is 2. The minimum atomic E-state index is -0.771. The molecular formula is C18H19NO3. The van der Waals surface area contributed by atoms with Gasteiger partial charge in [0.05, 0.1) is 11.5 Å². The van der Waals surface area contributed by atoms with E-state index in [0.29, 0.717) is 19.4 Å². The smallest absolute Gasteiger partial charge is 0.226 e. The van der Waals surface area contributed by atoms with Gasteiger partial charge in [-0.2, -0.15) is 0 Å². The molecule has 3 N–H and O–H groups in total.